The third-order valence-corrected chi connectivity index (χ3v) is 5.52. The van der Waals surface area contributed by atoms with Gasteiger partial charge in [0.2, 0.25) is 29.5 Å². The molecule has 12 N–H and O–H groups in total. The lowest BCUT2D eigenvalue weighted by Gasteiger charge is -2.24. The predicted molar refractivity (Wildman–Crippen MR) is 133 cm³/mol. The van der Waals surface area contributed by atoms with Crippen molar-refractivity contribution in [2.45, 2.75) is 49.9 Å². The standard InChI is InChI=1S/C23H29N7O9/c24-12(6-17(25)31)20(35)28-15(8-19(33)34)22(37)29-14(7-18(26)32)21(36)30-16(23(38)39)5-10-9-27-13-4-2-1-3-11(10)13/h1-4,9,12,14-16,27H,5-8,24H2,(H2,25,31)(H2,26,32)(H,28,35)(H,29,37)(H,30,36)(H,33,34)(H,38,39). The zero-order valence-electron chi connectivity index (χ0n) is 20.5. The number of aromatic amines is 1. The molecule has 0 aliphatic heterocycles. The largest absolute Gasteiger partial charge is 0.481 e. The van der Waals surface area contributed by atoms with Crippen LogP contribution in [0.15, 0.2) is 30.5 Å². The summed E-state index contributed by atoms with van der Waals surface area (Å²) in [7, 11) is 0. The summed E-state index contributed by atoms with van der Waals surface area (Å²) in [5.41, 5.74) is 17.0. The minimum Gasteiger partial charge on any atom is -0.481 e. The first kappa shape index (κ1) is 30.2. The van der Waals surface area contributed by atoms with Gasteiger partial charge < -0.3 is 48.3 Å². The lowest BCUT2D eigenvalue weighted by Crippen LogP contribution is -2.58. The van der Waals surface area contributed by atoms with Crippen LogP contribution in [0.3, 0.4) is 0 Å². The number of carboxylic acids is 2. The fourth-order valence-electron chi connectivity index (χ4n) is 3.65. The molecule has 210 valence electrons. The van der Waals surface area contributed by atoms with E-state index in [1.54, 1.807) is 30.5 Å². The number of primary amides is 2. The highest BCUT2D eigenvalue weighted by Gasteiger charge is 2.32. The first-order valence-electron chi connectivity index (χ1n) is 11.5. The topological polar surface area (TPSA) is 290 Å². The number of nitrogens with two attached hydrogens (primary N) is 3. The Bertz CT molecular complexity index is 1280. The minimum atomic E-state index is -1.78. The van der Waals surface area contributed by atoms with E-state index in [4.69, 9.17) is 22.3 Å². The molecule has 1 aromatic heterocycles. The maximum absolute atomic E-state index is 12.9. The number of carbonyl (C=O) groups is 7. The van der Waals surface area contributed by atoms with E-state index in [1.807, 2.05) is 5.32 Å². The van der Waals surface area contributed by atoms with E-state index in [1.165, 1.54) is 0 Å². The average Bonchev–Trinajstić information content (AvgIpc) is 3.24. The second-order valence-electron chi connectivity index (χ2n) is 8.63. The Morgan fingerprint density at radius 2 is 1.31 bits per heavy atom. The van der Waals surface area contributed by atoms with Crippen molar-refractivity contribution in [2.24, 2.45) is 17.2 Å². The van der Waals surface area contributed by atoms with Crippen LogP contribution in [-0.2, 0) is 40.0 Å². The number of hydrogen-bond acceptors (Lipinski definition) is 8. The lowest BCUT2D eigenvalue weighted by atomic mass is 10.0. The van der Waals surface area contributed by atoms with Crippen molar-refractivity contribution in [3.8, 4) is 0 Å². The van der Waals surface area contributed by atoms with Gasteiger partial charge in [0.1, 0.15) is 18.1 Å². The van der Waals surface area contributed by atoms with Gasteiger partial charge in [-0.2, -0.15) is 0 Å². The van der Waals surface area contributed by atoms with Gasteiger partial charge in [0.05, 0.1) is 25.3 Å². The second kappa shape index (κ2) is 13.5. The Morgan fingerprint density at radius 3 is 1.87 bits per heavy atom. The molecule has 0 radical (unpaired) electrons. The molecule has 16 nitrogen and oxygen atoms in total. The Hall–Kier alpha value is -4.99. The van der Waals surface area contributed by atoms with E-state index < -0.39 is 84.9 Å². The summed E-state index contributed by atoms with van der Waals surface area (Å²) in [6, 6.07) is 0.595. The number of fused-ring (bicyclic) bond motifs is 1. The van der Waals surface area contributed by atoms with Gasteiger partial charge in [-0.1, -0.05) is 18.2 Å². The molecular weight excluding hydrogens is 518 g/mol. The Labute approximate surface area is 220 Å². The van der Waals surface area contributed by atoms with Crippen molar-refractivity contribution in [3.63, 3.8) is 0 Å². The van der Waals surface area contributed by atoms with Gasteiger partial charge in [0, 0.05) is 23.5 Å². The third kappa shape index (κ3) is 9.12. The molecule has 0 saturated carbocycles. The maximum Gasteiger partial charge on any atom is 0.326 e. The van der Waals surface area contributed by atoms with Gasteiger partial charge in [-0.3, -0.25) is 28.8 Å². The fraction of sp³-hybridized carbons (Fsp3) is 0.348. The summed E-state index contributed by atoms with van der Waals surface area (Å²) in [5, 5.41) is 25.9. The lowest BCUT2D eigenvalue weighted by molar-refractivity contribution is -0.143. The molecule has 4 unspecified atom stereocenters. The molecule has 4 atom stereocenters. The second-order valence-corrected chi connectivity index (χ2v) is 8.63. The van der Waals surface area contributed by atoms with Crippen LogP contribution < -0.4 is 33.2 Å². The molecule has 0 aliphatic rings. The van der Waals surface area contributed by atoms with Crippen molar-refractivity contribution in [2.75, 3.05) is 0 Å². The van der Waals surface area contributed by atoms with Crippen molar-refractivity contribution < 1.29 is 43.8 Å². The SMILES string of the molecule is NC(=O)CC(N)C(=O)NC(CC(=O)O)C(=O)NC(CC(N)=O)C(=O)NC(Cc1c[nH]c2ccccc12)C(=O)O. The van der Waals surface area contributed by atoms with E-state index in [9.17, 15) is 38.7 Å². The number of H-pyrrole nitrogens is 1. The van der Waals surface area contributed by atoms with Gasteiger partial charge in [0.25, 0.3) is 0 Å². The minimum absolute atomic E-state index is 0.155. The number of aliphatic carboxylic acids is 2. The summed E-state index contributed by atoms with van der Waals surface area (Å²) in [6.45, 7) is 0. The van der Waals surface area contributed by atoms with Crippen LogP contribution in [0.4, 0.5) is 0 Å². The number of amides is 5. The van der Waals surface area contributed by atoms with E-state index in [-0.39, 0.29) is 6.42 Å². The fourth-order valence-corrected chi connectivity index (χ4v) is 3.65. The molecule has 5 amide bonds. The molecule has 39 heavy (non-hydrogen) atoms. The van der Waals surface area contributed by atoms with Crippen molar-refractivity contribution >= 4 is 52.4 Å². The highest BCUT2D eigenvalue weighted by Crippen LogP contribution is 2.19. The van der Waals surface area contributed by atoms with Crippen molar-refractivity contribution in [1.82, 2.24) is 20.9 Å². The molecule has 2 aromatic rings. The normalized spacial score (nSPS) is 13.9. The van der Waals surface area contributed by atoms with E-state index in [0.29, 0.717) is 5.56 Å². The van der Waals surface area contributed by atoms with Gasteiger partial charge >= 0.3 is 11.9 Å². The Balaban J connectivity index is 2.19. The molecule has 0 bridgehead atoms. The van der Waals surface area contributed by atoms with Crippen LogP contribution in [-0.4, -0.2) is 80.8 Å². The smallest absolute Gasteiger partial charge is 0.326 e. The van der Waals surface area contributed by atoms with E-state index in [0.717, 1.165) is 10.9 Å². The monoisotopic (exact) mass is 547 g/mol. The summed E-state index contributed by atoms with van der Waals surface area (Å²) >= 11 is 0. The van der Waals surface area contributed by atoms with Crippen molar-refractivity contribution in [3.05, 3.63) is 36.0 Å². The molecule has 1 aromatic carbocycles. The van der Waals surface area contributed by atoms with Crippen molar-refractivity contribution in [1.29, 1.82) is 0 Å². The number of carboxylic acid groups (broad SMARTS) is 2. The quantitative estimate of drug-likeness (QED) is 0.108. The Morgan fingerprint density at radius 1 is 0.769 bits per heavy atom. The number of para-hydroxylation sites is 1. The summed E-state index contributed by atoms with van der Waals surface area (Å²) in [4.78, 5) is 86.6. The van der Waals surface area contributed by atoms with Gasteiger partial charge in [-0.15, -0.1) is 0 Å². The number of nitrogens with one attached hydrogen (secondary N) is 4. The maximum atomic E-state index is 12.9. The van der Waals surface area contributed by atoms with Crippen LogP contribution >= 0.6 is 0 Å². The molecule has 0 spiro atoms. The molecule has 0 fully saturated rings. The summed E-state index contributed by atoms with van der Waals surface area (Å²) in [6.07, 6.45) is -0.891. The zero-order valence-corrected chi connectivity index (χ0v) is 20.5. The van der Waals surface area contributed by atoms with E-state index >= 15 is 0 Å². The van der Waals surface area contributed by atoms with E-state index in [2.05, 4.69) is 15.6 Å². The highest BCUT2D eigenvalue weighted by atomic mass is 16.4. The molecule has 0 aliphatic carbocycles. The molecular formula is C23H29N7O9. The number of rotatable bonds is 15. The summed E-state index contributed by atoms with van der Waals surface area (Å²) < 4.78 is 0. The Kier molecular flexibility index (Phi) is 10.5. The number of aromatic nitrogens is 1. The van der Waals surface area contributed by atoms with Gasteiger partial charge in [-0.05, 0) is 11.6 Å². The first-order chi connectivity index (χ1) is 18.3. The number of hydrogen-bond donors (Lipinski definition) is 9. The average molecular weight is 548 g/mol. The molecule has 16 heteroatoms. The zero-order chi connectivity index (χ0) is 29.3. The van der Waals surface area contributed by atoms with Crippen LogP contribution in [0, 0.1) is 0 Å². The third-order valence-electron chi connectivity index (χ3n) is 5.52. The van der Waals surface area contributed by atoms with Crippen LogP contribution in [0.5, 0.6) is 0 Å². The predicted octanol–water partition coefficient (Wildman–Crippen LogP) is -3.20. The first-order valence-corrected chi connectivity index (χ1v) is 11.5. The molecule has 0 saturated heterocycles. The van der Waals surface area contributed by atoms with Crippen LogP contribution in [0.2, 0.25) is 0 Å². The van der Waals surface area contributed by atoms with Crippen LogP contribution in [0.25, 0.3) is 10.9 Å². The molecule has 1 heterocycles. The number of benzene rings is 1. The molecule has 2 rings (SSSR count). The number of carbonyl (C=O) groups excluding carboxylic acids is 5. The van der Waals surface area contributed by atoms with Gasteiger partial charge in [-0.25, -0.2) is 4.79 Å². The van der Waals surface area contributed by atoms with Gasteiger partial charge in [0.15, 0.2) is 0 Å². The highest BCUT2D eigenvalue weighted by molar-refractivity contribution is 5.98. The van der Waals surface area contributed by atoms with Crippen LogP contribution in [0.1, 0.15) is 24.8 Å². The summed E-state index contributed by atoms with van der Waals surface area (Å²) in [5.74, 6) is -8.26.